The number of aromatic amines is 1. The molecule has 0 spiro atoms. The molecule has 1 atom stereocenters. The fourth-order valence-corrected chi connectivity index (χ4v) is 1.68. The van der Waals surface area contributed by atoms with Crippen molar-refractivity contribution in [1.82, 2.24) is 9.97 Å². The van der Waals surface area contributed by atoms with Gasteiger partial charge in [0.15, 0.2) is 6.10 Å². The Kier molecular flexibility index (Phi) is 3.27. The van der Waals surface area contributed by atoms with Crippen LogP contribution >= 0.6 is 0 Å². The van der Waals surface area contributed by atoms with Crippen LogP contribution in [0.3, 0.4) is 0 Å². The summed E-state index contributed by atoms with van der Waals surface area (Å²) in [4.78, 5) is 29.4. The van der Waals surface area contributed by atoms with Crippen LogP contribution in [-0.4, -0.2) is 22.0 Å². The number of benzene rings is 1. The van der Waals surface area contributed by atoms with Crippen molar-refractivity contribution in [2.24, 2.45) is 5.73 Å². The second-order valence-corrected chi connectivity index (χ2v) is 3.80. The second kappa shape index (κ2) is 4.87. The first-order valence-electron chi connectivity index (χ1n) is 5.56. The Morgan fingerprint density at radius 1 is 1.56 bits per heavy atom. The Balaban J connectivity index is 2.51. The van der Waals surface area contributed by atoms with E-state index in [1.807, 2.05) is 0 Å². The standard InChI is InChI=1S/C12H13N3O3/c1-2-8(11(13)16)18-9-5-3-4-7-10(9)12(17)15-6-14-7/h3-6,8H,2H2,1H3,(H2,13,16)(H,14,15,17). The molecule has 3 N–H and O–H groups in total. The summed E-state index contributed by atoms with van der Waals surface area (Å²) in [5, 5.41) is 0.319. The quantitative estimate of drug-likeness (QED) is 0.825. The highest BCUT2D eigenvalue weighted by molar-refractivity contribution is 5.85. The highest BCUT2D eigenvalue weighted by Gasteiger charge is 2.17. The van der Waals surface area contributed by atoms with Gasteiger partial charge in [-0.3, -0.25) is 9.59 Å². The summed E-state index contributed by atoms with van der Waals surface area (Å²) in [7, 11) is 0. The minimum atomic E-state index is -0.754. The number of carbonyl (C=O) groups excluding carboxylic acids is 1. The van der Waals surface area contributed by atoms with Crippen molar-refractivity contribution in [3.05, 3.63) is 34.9 Å². The van der Waals surface area contributed by atoms with Gasteiger partial charge in [0.25, 0.3) is 11.5 Å². The first-order valence-corrected chi connectivity index (χ1v) is 5.56. The first kappa shape index (κ1) is 12.1. The Morgan fingerprint density at radius 3 is 3.00 bits per heavy atom. The van der Waals surface area contributed by atoms with E-state index in [4.69, 9.17) is 10.5 Å². The molecule has 0 fully saturated rings. The maximum atomic E-state index is 11.7. The molecule has 1 aromatic heterocycles. The fraction of sp³-hybridized carbons (Fsp3) is 0.250. The van der Waals surface area contributed by atoms with E-state index in [0.717, 1.165) is 0 Å². The Labute approximate surface area is 103 Å². The Bertz CT molecular complexity index is 630. The smallest absolute Gasteiger partial charge is 0.262 e. The molecular weight excluding hydrogens is 234 g/mol. The van der Waals surface area contributed by atoms with Gasteiger partial charge in [0.2, 0.25) is 0 Å². The predicted molar refractivity (Wildman–Crippen MR) is 66.3 cm³/mol. The zero-order valence-electron chi connectivity index (χ0n) is 9.84. The van der Waals surface area contributed by atoms with Crippen LogP contribution in [-0.2, 0) is 4.79 Å². The number of nitrogens with two attached hydrogens (primary N) is 1. The first-order chi connectivity index (χ1) is 8.63. The van der Waals surface area contributed by atoms with Crippen LogP contribution in [0.5, 0.6) is 5.75 Å². The number of H-pyrrole nitrogens is 1. The van der Waals surface area contributed by atoms with Gasteiger partial charge in [0.1, 0.15) is 11.1 Å². The number of carbonyl (C=O) groups is 1. The van der Waals surface area contributed by atoms with Gasteiger partial charge in [-0.2, -0.15) is 0 Å². The molecule has 6 heteroatoms. The maximum absolute atomic E-state index is 11.7. The molecule has 6 nitrogen and oxygen atoms in total. The van der Waals surface area contributed by atoms with Crippen molar-refractivity contribution in [2.75, 3.05) is 0 Å². The number of nitrogens with one attached hydrogen (secondary N) is 1. The topological polar surface area (TPSA) is 98.1 Å². The molecule has 18 heavy (non-hydrogen) atoms. The molecule has 1 unspecified atom stereocenters. The zero-order chi connectivity index (χ0) is 13.1. The summed E-state index contributed by atoms with van der Waals surface area (Å²) in [5.74, 6) is -0.248. The number of fused-ring (bicyclic) bond motifs is 1. The van der Waals surface area contributed by atoms with Crippen molar-refractivity contribution >= 4 is 16.8 Å². The number of hydrogen-bond acceptors (Lipinski definition) is 4. The molecule has 94 valence electrons. The van der Waals surface area contributed by atoms with Crippen molar-refractivity contribution in [3.63, 3.8) is 0 Å². The molecule has 0 saturated heterocycles. The molecule has 0 bridgehead atoms. The minimum Gasteiger partial charge on any atom is -0.480 e. The second-order valence-electron chi connectivity index (χ2n) is 3.80. The lowest BCUT2D eigenvalue weighted by atomic mass is 10.2. The van der Waals surface area contributed by atoms with Crippen molar-refractivity contribution in [3.8, 4) is 5.75 Å². The van der Waals surface area contributed by atoms with Crippen LogP contribution in [0.15, 0.2) is 29.3 Å². The SMILES string of the molecule is CCC(Oc1cccc2nc[nH]c(=O)c12)C(N)=O. The van der Waals surface area contributed by atoms with Gasteiger partial charge >= 0.3 is 0 Å². The van der Waals surface area contributed by atoms with Crippen molar-refractivity contribution in [2.45, 2.75) is 19.4 Å². The number of amides is 1. The zero-order valence-corrected chi connectivity index (χ0v) is 9.84. The fourth-order valence-electron chi connectivity index (χ4n) is 1.68. The van der Waals surface area contributed by atoms with E-state index >= 15 is 0 Å². The molecule has 1 amide bonds. The van der Waals surface area contributed by atoms with Gasteiger partial charge in [-0.05, 0) is 18.6 Å². The van der Waals surface area contributed by atoms with E-state index in [0.29, 0.717) is 23.1 Å². The summed E-state index contributed by atoms with van der Waals surface area (Å²) in [6, 6.07) is 5.02. The monoisotopic (exact) mass is 247 g/mol. The highest BCUT2D eigenvalue weighted by Crippen LogP contribution is 2.21. The van der Waals surface area contributed by atoms with Gasteiger partial charge in [-0.15, -0.1) is 0 Å². The van der Waals surface area contributed by atoms with Crippen molar-refractivity contribution in [1.29, 1.82) is 0 Å². The molecule has 1 heterocycles. The molecule has 1 aromatic carbocycles. The average Bonchev–Trinajstić information content (AvgIpc) is 2.35. The lowest BCUT2D eigenvalue weighted by Gasteiger charge is -2.14. The van der Waals surface area contributed by atoms with E-state index in [2.05, 4.69) is 9.97 Å². The highest BCUT2D eigenvalue weighted by atomic mass is 16.5. The van der Waals surface area contributed by atoms with Gasteiger partial charge in [0.05, 0.1) is 11.8 Å². The van der Waals surface area contributed by atoms with Gasteiger partial charge in [-0.1, -0.05) is 13.0 Å². The summed E-state index contributed by atoms with van der Waals surface area (Å²) in [6.45, 7) is 1.78. The van der Waals surface area contributed by atoms with Gasteiger partial charge in [0, 0.05) is 0 Å². The normalized spacial score (nSPS) is 12.3. The number of rotatable bonds is 4. The van der Waals surface area contributed by atoms with Gasteiger partial charge in [-0.25, -0.2) is 4.98 Å². The summed E-state index contributed by atoms with van der Waals surface area (Å²) < 4.78 is 5.48. The van der Waals surface area contributed by atoms with E-state index in [1.165, 1.54) is 6.33 Å². The summed E-state index contributed by atoms with van der Waals surface area (Å²) in [6.07, 6.45) is 0.999. The third-order valence-corrected chi connectivity index (χ3v) is 2.59. The van der Waals surface area contributed by atoms with Crippen molar-refractivity contribution < 1.29 is 9.53 Å². The van der Waals surface area contributed by atoms with E-state index in [9.17, 15) is 9.59 Å². The summed E-state index contributed by atoms with van der Waals surface area (Å²) >= 11 is 0. The molecule has 2 aromatic rings. The molecule has 2 rings (SSSR count). The lowest BCUT2D eigenvalue weighted by Crippen LogP contribution is -2.33. The number of ether oxygens (including phenoxy) is 1. The van der Waals surface area contributed by atoms with Crippen LogP contribution in [0.4, 0.5) is 0 Å². The van der Waals surface area contributed by atoms with E-state index in [-0.39, 0.29) is 5.56 Å². The maximum Gasteiger partial charge on any atom is 0.262 e. The number of primary amides is 1. The molecule has 0 radical (unpaired) electrons. The van der Waals surface area contributed by atoms with Crippen LogP contribution < -0.4 is 16.0 Å². The number of aromatic nitrogens is 2. The van der Waals surface area contributed by atoms with Crippen LogP contribution in [0.1, 0.15) is 13.3 Å². The summed E-state index contributed by atoms with van der Waals surface area (Å²) in [5.41, 5.74) is 5.41. The van der Waals surface area contributed by atoms with Crippen LogP contribution in [0.25, 0.3) is 10.9 Å². The number of nitrogens with zero attached hydrogens (tertiary/aromatic N) is 1. The average molecular weight is 247 g/mol. The van der Waals surface area contributed by atoms with E-state index in [1.54, 1.807) is 25.1 Å². The largest absolute Gasteiger partial charge is 0.480 e. The minimum absolute atomic E-state index is 0.310. The molecule has 0 aliphatic heterocycles. The third kappa shape index (κ3) is 2.17. The molecular formula is C12H13N3O3. The van der Waals surface area contributed by atoms with E-state index < -0.39 is 12.0 Å². The predicted octanol–water partition coefficient (Wildman–Crippen LogP) is 0.566. The third-order valence-electron chi connectivity index (χ3n) is 2.59. The van der Waals surface area contributed by atoms with Crippen LogP contribution in [0, 0.1) is 0 Å². The molecule has 0 aliphatic rings. The van der Waals surface area contributed by atoms with Gasteiger partial charge < -0.3 is 15.5 Å². The lowest BCUT2D eigenvalue weighted by molar-refractivity contribution is -0.124. The molecule has 0 saturated carbocycles. The number of hydrogen-bond donors (Lipinski definition) is 2. The molecule has 0 aliphatic carbocycles. The Morgan fingerprint density at radius 2 is 2.33 bits per heavy atom. The van der Waals surface area contributed by atoms with Crippen LogP contribution in [0.2, 0.25) is 0 Å². The Hall–Kier alpha value is -2.37.